The number of anilines is 3. The number of aromatic nitrogens is 4. The van der Waals surface area contributed by atoms with E-state index in [1.54, 1.807) is 6.07 Å². The van der Waals surface area contributed by atoms with Crippen molar-refractivity contribution in [3.63, 3.8) is 0 Å². The van der Waals surface area contributed by atoms with E-state index in [1.165, 1.54) is 24.1 Å². The van der Waals surface area contributed by atoms with Crippen LogP contribution in [0.5, 0.6) is 0 Å². The molecule has 2 heterocycles. The lowest BCUT2D eigenvalue weighted by Crippen LogP contribution is -2.07. The number of nitrogens with one attached hydrogen (secondary N) is 2. The third kappa shape index (κ3) is 6.57. The molecule has 2 aromatic heterocycles. The summed E-state index contributed by atoms with van der Waals surface area (Å²) in [5.74, 6) is 0.426. The SMILES string of the molecule is C=C(/C=C/CCl)Nc1cc2c(Nc3ccc(Cc4nn(CC(C)=O)cc4F)cc3Cl)ncnc2cc1CC. The molecule has 0 saturated carbocycles. The van der Waals surface area contributed by atoms with E-state index in [9.17, 15) is 9.18 Å². The Morgan fingerprint density at radius 3 is 2.74 bits per heavy atom. The highest BCUT2D eigenvalue weighted by Crippen LogP contribution is 2.32. The van der Waals surface area contributed by atoms with Crippen LogP contribution in [0.15, 0.2) is 67.3 Å². The number of ketones is 1. The predicted octanol–water partition coefficient (Wildman–Crippen LogP) is 6.83. The van der Waals surface area contributed by atoms with Crippen LogP contribution >= 0.6 is 23.2 Å². The smallest absolute Gasteiger partial charge is 0.164 e. The lowest BCUT2D eigenvalue weighted by atomic mass is 10.1. The van der Waals surface area contributed by atoms with Gasteiger partial charge in [0.25, 0.3) is 0 Å². The average molecular weight is 553 g/mol. The Kier molecular flexibility index (Phi) is 8.76. The van der Waals surface area contributed by atoms with Gasteiger partial charge in [0.1, 0.15) is 17.8 Å². The molecule has 0 fully saturated rings. The first-order chi connectivity index (χ1) is 18.3. The second-order valence-electron chi connectivity index (χ2n) is 8.75. The first kappa shape index (κ1) is 27.3. The van der Waals surface area contributed by atoms with Gasteiger partial charge in [-0.2, -0.15) is 5.10 Å². The van der Waals surface area contributed by atoms with E-state index < -0.39 is 5.82 Å². The second kappa shape index (κ2) is 12.2. The zero-order chi connectivity index (χ0) is 27.2. The summed E-state index contributed by atoms with van der Waals surface area (Å²) < 4.78 is 15.6. The molecule has 4 rings (SSSR count). The van der Waals surface area contributed by atoms with Gasteiger partial charge < -0.3 is 10.6 Å². The topological polar surface area (TPSA) is 84.7 Å². The van der Waals surface area contributed by atoms with Crippen LogP contribution in [0.3, 0.4) is 0 Å². The second-order valence-corrected chi connectivity index (χ2v) is 9.46. The van der Waals surface area contributed by atoms with Crippen LogP contribution in [0.25, 0.3) is 10.9 Å². The number of nitrogens with zero attached hydrogens (tertiary/aromatic N) is 4. The normalized spacial score (nSPS) is 11.3. The number of halogens is 3. The zero-order valence-electron chi connectivity index (χ0n) is 21.1. The summed E-state index contributed by atoms with van der Waals surface area (Å²) in [5, 5.41) is 12.1. The van der Waals surface area contributed by atoms with Crippen molar-refractivity contribution in [2.45, 2.75) is 33.2 Å². The van der Waals surface area contributed by atoms with Crippen molar-refractivity contribution in [1.82, 2.24) is 19.7 Å². The molecule has 0 amide bonds. The molecule has 7 nitrogen and oxygen atoms in total. The van der Waals surface area contributed by atoms with Gasteiger partial charge in [0.15, 0.2) is 11.6 Å². The maximum atomic E-state index is 14.3. The number of hydrogen-bond acceptors (Lipinski definition) is 6. The van der Waals surface area contributed by atoms with Crippen molar-refractivity contribution < 1.29 is 9.18 Å². The maximum absolute atomic E-state index is 14.3. The highest BCUT2D eigenvalue weighted by Gasteiger charge is 2.14. The molecule has 196 valence electrons. The minimum absolute atomic E-state index is 0.0304. The van der Waals surface area contributed by atoms with Crippen LogP contribution in [-0.4, -0.2) is 31.4 Å². The van der Waals surface area contributed by atoms with Crippen molar-refractivity contribution in [3.8, 4) is 0 Å². The number of rotatable bonds is 11. The van der Waals surface area contributed by atoms with E-state index in [-0.39, 0.29) is 24.4 Å². The van der Waals surface area contributed by atoms with E-state index in [1.807, 2.05) is 36.4 Å². The van der Waals surface area contributed by atoms with E-state index in [0.717, 1.165) is 34.1 Å². The maximum Gasteiger partial charge on any atom is 0.164 e. The molecule has 10 heteroatoms. The molecule has 2 N–H and O–H groups in total. The van der Waals surface area contributed by atoms with Gasteiger partial charge in [0.2, 0.25) is 0 Å². The Morgan fingerprint density at radius 1 is 1.21 bits per heavy atom. The van der Waals surface area contributed by atoms with Gasteiger partial charge in [-0.1, -0.05) is 37.2 Å². The number of benzene rings is 2. The highest BCUT2D eigenvalue weighted by atomic mass is 35.5. The first-order valence-corrected chi connectivity index (χ1v) is 12.9. The van der Waals surface area contributed by atoms with Crippen LogP contribution in [0.1, 0.15) is 30.7 Å². The molecule has 0 spiro atoms. The van der Waals surface area contributed by atoms with Crippen molar-refractivity contribution in [3.05, 3.63) is 94.9 Å². The molecule has 0 bridgehead atoms. The molecule has 0 aliphatic heterocycles. The zero-order valence-corrected chi connectivity index (χ0v) is 22.6. The summed E-state index contributed by atoms with van der Waals surface area (Å²) in [5.41, 5.74) is 5.16. The summed E-state index contributed by atoms with van der Waals surface area (Å²) in [4.78, 5) is 20.2. The van der Waals surface area contributed by atoms with Crippen molar-refractivity contribution in [2.24, 2.45) is 0 Å². The molecule has 0 atom stereocenters. The highest BCUT2D eigenvalue weighted by molar-refractivity contribution is 6.33. The van der Waals surface area contributed by atoms with Gasteiger partial charge >= 0.3 is 0 Å². The molecule has 0 saturated heterocycles. The fourth-order valence-corrected chi connectivity index (χ4v) is 4.35. The van der Waals surface area contributed by atoms with E-state index >= 15 is 0 Å². The van der Waals surface area contributed by atoms with Gasteiger partial charge in [-0.15, -0.1) is 11.6 Å². The molecule has 0 radical (unpaired) electrons. The number of hydrogen-bond donors (Lipinski definition) is 2. The van der Waals surface area contributed by atoms with Crippen molar-refractivity contribution in [1.29, 1.82) is 0 Å². The Balaban J connectivity index is 1.59. The molecule has 0 unspecified atom stereocenters. The van der Waals surface area contributed by atoms with Crippen LogP contribution in [-0.2, 0) is 24.2 Å². The Bertz CT molecular complexity index is 1530. The fourth-order valence-electron chi connectivity index (χ4n) is 4.01. The molecule has 4 aromatic rings. The number of aryl methyl sites for hydroxylation is 1. The molecular weight excluding hydrogens is 526 g/mol. The lowest BCUT2D eigenvalue weighted by Gasteiger charge is -2.15. The molecule has 38 heavy (non-hydrogen) atoms. The number of fused-ring (bicyclic) bond motifs is 1. The van der Waals surface area contributed by atoms with Crippen LogP contribution in [0, 0.1) is 5.82 Å². The van der Waals surface area contributed by atoms with Gasteiger partial charge in [-0.05, 0) is 54.8 Å². The summed E-state index contributed by atoms with van der Waals surface area (Å²) in [6.45, 7) is 7.58. The Hall–Kier alpha value is -3.75. The number of carbonyl (C=O) groups is 1. The predicted molar refractivity (Wildman–Crippen MR) is 152 cm³/mol. The van der Waals surface area contributed by atoms with Crippen LogP contribution < -0.4 is 10.6 Å². The molecule has 2 aromatic carbocycles. The third-order valence-corrected chi connectivity index (χ3v) is 6.27. The van der Waals surface area contributed by atoms with Gasteiger partial charge in [-0.3, -0.25) is 9.48 Å². The average Bonchev–Trinajstić information content (AvgIpc) is 3.21. The molecule has 0 aliphatic carbocycles. The minimum atomic E-state index is -0.464. The van der Waals surface area contributed by atoms with E-state index in [0.29, 0.717) is 28.1 Å². The summed E-state index contributed by atoms with van der Waals surface area (Å²) in [6.07, 6.45) is 7.42. The molecular formula is C28H27Cl2FN6O. The van der Waals surface area contributed by atoms with Crippen molar-refractivity contribution >= 4 is 57.1 Å². The lowest BCUT2D eigenvalue weighted by molar-refractivity contribution is -0.117. The molecule has 0 aliphatic rings. The van der Waals surface area contributed by atoms with Crippen LogP contribution in [0.4, 0.5) is 21.6 Å². The Morgan fingerprint density at radius 2 is 2.03 bits per heavy atom. The Labute approximate surface area is 230 Å². The summed E-state index contributed by atoms with van der Waals surface area (Å²) >= 11 is 12.3. The number of Topliss-reactive ketones (excluding diaryl/α,β-unsaturated/α-hetero) is 1. The van der Waals surface area contributed by atoms with Crippen molar-refractivity contribution in [2.75, 3.05) is 16.5 Å². The standard InChI is InChI=1S/C28H27Cl2FN6O/c1-4-20-12-26-21(13-25(20)34-17(2)6-5-9-29)28(33-16-32-26)35-24-8-7-19(10-22(24)30)11-27-23(31)15-37(36-27)14-18(3)38/h5-8,10,12-13,15-16,34H,2,4,9,11,14H2,1,3H3,(H,32,33,35)/b6-5+. The largest absolute Gasteiger partial charge is 0.356 e. The fraction of sp³-hybridized carbons (Fsp3) is 0.214. The summed E-state index contributed by atoms with van der Waals surface area (Å²) in [6, 6.07) is 9.42. The van der Waals surface area contributed by atoms with Gasteiger partial charge in [-0.25, -0.2) is 14.4 Å². The number of carbonyl (C=O) groups excluding carboxylic acids is 1. The number of alkyl halides is 1. The van der Waals surface area contributed by atoms with Gasteiger partial charge in [0, 0.05) is 29.1 Å². The number of allylic oxidation sites excluding steroid dienone is 2. The minimum Gasteiger partial charge on any atom is -0.356 e. The van der Waals surface area contributed by atoms with Crippen LogP contribution in [0.2, 0.25) is 5.02 Å². The summed E-state index contributed by atoms with van der Waals surface area (Å²) in [7, 11) is 0. The monoisotopic (exact) mass is 552 g/mol. The third-order valence-electron chi connectivity index (χ3n) is 5.77. The quantitative estimate of drug-likeness (QED) is 0.157. The van der Waals surface area contributed by atoms with E-state index in [2.05, 4.69) is 39.2 Å². The van der Waals surface area contributed by atoms with E-state index in [4.69, 9.17) is 23.2 Å². The first-order valence-electron chi connectivity index (χ1n) is 12.0. The van der Waals surface area contributed by atoms with Gasteiger partial charge in [0.05, 0.1) is 29.0 Å².